The number of alkyl halides is 3. The van der Waals surface area contributed by atoms with Crippen molar-refractivity contribution in [1.29, 1.82) is 0 Å². The quantitative estimate of drug-likeness (QED) is 0.353. The fourth-order valence-corrected chi connectivity index (χ4v) is 3.54. The molecule has 0 radical (unpaired) electrons. The highest BCUT2D eigenvalue weighted by Crippen LogP contribution is 2.20. The van der Waals surface area contributed by atoms with Crippen LogP contribution in [0.2, 0.25) is 0 Å². The number of benzene rings is 1. The van der Waals surface area contributed by atoms with Crippen molar-refractivity contribution in [3.05, 3.63) is 41.1 Å². The van der Waals surface area contributed by atoms with Crippen LogP contribution in [0, 0.1) is 5.82 Å². The standard InChI is InChI=1S/C12H14FS.CHF3O3S/c13-12-5-3-11(4-6-12)7-10-14-8-1-2-9-14;2-1(3,4)8(5,6)7/h3-7,10H,1-2,8-9H2;(H,5,6,7)/q+1;/p-1/b10-7+;. The summed E-state index contributed by atoms with van der Waals surface area (Å²) < 4.78 is 71.5. The van der Waals surface area contributed by atoms with Crippen molar-refractivity contribution in [2.75, 3.05) is 11.5 Å². The fraction of sp³-hybridized carbons (Fsp3) is 0.385. The van der Waals surface area contributed by atoms with Crippen LogP contribution >= 0.6 is 0 Å². The summed E-state index contributed by atoms with van der Waals surface area (Å²) in [5.41, 5.74) is -4.54. The van der Waals surface area contributed by atoms with Crippen LogP contribution in [0.25, 0.3) is 6.08 Å². The van der Waals surface area contributed by atoms with Crippen LogP contribution < -0.4 is 0 Å². The molecule has 0 aromatic heterocycles. The molecular formula is C13H14F4O3S2. The Balaban J connectivity index is 0.000000261. The van der Waals surface area contributed by atoms with Crippen LogP contribution in [0.4, 0.5) is 17.6 Å². The zero-order chi connectivity index (χ0) is 16.8. The minimum atomic E-state index is -6.09. The Bertz CT molecular complexity index is 589. The molecule has 22 heavy (non-hydrogen) atoms. The number of hydrogen-bond acceptors (Lipinski definition) is 3. The van der Waals surface area contributed by atoms with Crippen LogP contribution in [-0.4, -0.2) is 30.0 Å². The highest BCUT2D eigenvalue weighted by atomic mass is 32.2. The predicted molar refractivity (Wildman–Crippen MR) is 77.5 cm³/mol. The first kappa shape index (κ1) is 19.0. The molecule has 0 saturated carbocycles. The van der Waals surface area contributed by atoms with Crippen molar-refractivity contribution in [2.45, 2.75) is 18.3 Å². The molecule has 0 aliphatic carbocycles. The lowest BCUT2D eigenvalue weighted by Gasteiger charge is -2.08. The first-order valence-electron chi connectivity index (χ1n) is 6.22. The van der Waals surface area contributed by atoms with Crippen molar-refractivity contribution < 1.29 is 30.5 Å². The molecule has 3 nitrogen and oxygen atoms in total. The zero-order valence-electron chi connectivity index (χ0n) is 11.3. The third-order valence-corrected chi connectivity index (χ3v) is 5.38. The molecule has 0 atom stereocenters. The van der Waals surface area contributed by atoms with E-state index < -0.39 is 15.6 Å². The molecule has 2 rings (SSSR count). The van der Waals surface area contributed by atoms with E-state index in [1.165, 1.54) is 36.5 Å². The summed E-state index contributed by atoms with van der Waals surface area (Å²) in [6.45, 7) is 0. The second kappa shape index (κ2) is 7.98. The second-order valence-corrected chi connectivity index (χ2v) is 7.94. The van der Waals surface area contributed by atoms with Gasteiger partial charge in [0.15, 0.2) is 10.1 Å². The Hall–Kier alpha value is -1.06. The van der Waals surface area contributed by atoms with Gasteiger partial charge in [-0.3, -0.25) is 0 Å². The summed E-state index contributed by atoms with van der Waals surface area (Å²) in [6.07, 6.45) is 4.86. The van der Waals surface area contributed by atoms with Gasteiger partial charge in [-0.1, -0.05) is 12.1 Å². The molecule has 1 heterocycles. The lowest BCUT2D eigenvalue weighted by Crippen LogP contribution is -2.21. The summed E-state index contributed by atoms with van der Waals surface area (Å²) in [5, 5.41) is 2.29. The van der Waals surface area contributed by atoms with Gasteiger partial charge in [0.2, 0.25) is 0 Å². The summed E-state index contributed by atoms with van der Waals surface area (Å²) in [6, 6.07) is 6.67. The Morgan fingerprint density at radius 2 is 1.55 bits per heavy atom. The number of hydrogen-bond donors (Lipinski definition) is 0. The normalized spacial score (nSPS) is 16.6. The molecule has 1 aliphatic heterocycles. The summed E-state index contributed by atoms with van der Waals surface area (Å²) >= 11 is 0. The van der Waals surface area contributed by atoms with Gasteiger partial charge in [-0.05, 0) is 36.6 Å². The minimum Gasteiger partial charge on any atom is -0.741 e. The van der Waals surface area contributed by atoms with E-state index in [9.17, 15) is 17.6 Å². The topological polar surface area (TPSA) is 57.2 Å². The summed E-state index contributed by atoms with van der Waals surface area (Å²) in [4.78, 5) is 0. The molecule has 0 N–H and O–H groups in total. The minimum absolute atomic E-state index is 0.162. The van der Waals surface area contributed by atoms with E-state index in [0.29, 0.717) is 10.9 Å². The molecule has 9 heteroatoms. The third kappa shape index (κ3) is 6.80. The first-order chi connectivity index (χ1) is 10.1. The first-order valence-corrected chi connectivity index (χ1v) is 9.25. The van der Waals surface area contributed by atoms with Crippen LogP contribution in [0.3, 0.4) is 0 Å². The van der Waals surface area contributed by atoms with Gasteiger partial charge in [-0.25, -0.2) is 12.8 Å². The molecule has 0 amide bonds. The molecule has 1 aromatic carbocycles. The Kier molecular flexibility index (Phi) is 6.89. The molecule has 124 valence electrons. The van der Waals surface area contributed by atoms with Crippen molar-refractivity contribution in [3.8, 4) is 0 Å². The predicted octanol–water partition coefficient (Wildman–Crippen LogP) is 3.26. The van der Waals surface area contributed by atoms with Crippen molar-refractivity contribution >= 4 is 27.1 Å². The van der Waals surface area contributed by atoms with Gasteiger partial charge in [0, 0.05) is 10.9 Å². The van der Waals surface area contributed by atoms with Crippen molar-refractivity contribution in [2.24, 2.45) is 0 Å². The highest BCUT2D eigenvalue weighted by Gasteiger charge is 2.36. The largest absolute Gasteiger partial charge is 0.741 e. The summed E-state index contributed by atoms with van der Waals surface area (Å²) in [5.74, 6) is 2.53. The van der Waals surface area contributed by atoms with E-state index in [2.05, 4.69) is 11.5 Å². The van der Waals surface area contributed by atoms with E-state index in [0.717, 1.165) is 5.56 Å². The van der Waals surface area contributed by atoms with E-state index in [4.69, 9.17) is 13.0 Å². The van der Waals surface area contributed by atoms with E-state index >= 15 is 0 Å². The maximum atomic E-state index is 12.6. The molecule has 1 aromatic rings. The second-order valence-electron chi connectivity index (χ2n) is 4.41. The van der Waals surface area contributed by atoms with Crippen LogP contribution in [0.5, 0.6) is 0 Å². The van der Waals surface area contributed by atoms with Gasteiger partial charge in [-0.2, -0.15) is 13.2 Å². The fourth-order valence-electron chi connectivity index (χ4n) is 1.56. The lowest BCUT2D eigenvalue weighted by molar-refractivity contribution is -0.0517. The van der Waals surface area contributed by atoms with Gasteiger partial charge in [0.1, 0.15) is 22.7 Å². The number of halogens is 4. The average molecular weight is 358 g/mol. The molecular weight excluding hydrogens is 344 g/mol. The Labute approximate surface area is 129 Å². The van der Waals surface area contributed by atoms with E-state index in [-0.39, 0.29) is 5.82 Å². The van der Waals surface area contributed by atoms with Crippen LogP contribution in [0.1, 0.15) is 18.4 Å². The van der Waals surface area contributed by atoms with Crippen LogP contribution in [-0.2, 0) is 21.0 Å². The van der Waals surface area contributed by atoms with Gasteiger partial charge < -0.3 is 4.55 Å². The average Bonchev–Trinajstić information content (AvgIpc) is 2.89. The number of rotatable bonds is 2. The maximum absolute atomic E-state index is 12.6. The summed E-state index contributed by atoms with van der Waals surface area (Å²) in [7, 11) is -5.60. The van der Waals surface area contributed by atoms with Crippen molar-refractivity contribution in [1.82, 2.24) is 0 Å². The van der Waals surface area contributed by atoms with Gasteiger partial charge >= 0.3 is 5.51 Å². The smallest absolute Gasteiger partial charge is 0.485 e. The monoisotopic (exact) mass is 358 g/mol. The SMILES string of the molecule is Fc1ccc(/C=C/[S+]2CCCC2)cc1.O=S(=O)([O-])C(F)(F)F. The molecule has 0 unspecified atom stereocenters. The molecule has 0 bridgehead atoms. The van der Waals surface area contributed by atoms with Crippen molar-refractivity contribution in [3.63, 3.8) is 0 Å². The molecule has 0 spiro atoms. The van der Waals surface area contributed by atoms with Gasteiger partial charge in [0.05, 0.1) is 0 Å². The lowest BCUT2D eigenvalue weighted by atomic mass is 10.2. The van der Waals surface area contributed by atoms with E-state index in [1.807, 2.05) is 12.1 Å². The molecule has 1 fully saturated rings. The van der Waals surface area contributed by atoms with Gasteiger partial charge in [0.25, 0.3) is 0 Å². The van der Waals surface area contributed by atoms with Gasteiger partial charge in [-0.15, -0.1) is 0 Å². The van der Waals surface area contributed by atoms with E-state index in [1.54, 1.807) is 0 Å². The zero-order valence-corrected chi connectivity index (χ0v) is 13.0. The Morgan fingerprint density at radius 1 is 1.09 bits per heavy atom. The van der Waals surface area contributed by atoms with Crippen LogP contribution in [0.15, 0.2) is 29.7 Å². The molecule has 1 saturated heterocycles. The highest BCUT2D eigenvalue weighted by molar-refractivity contribution is 7.99. The Morgan fingerprint density at radius 3 is 1.95 bits per heavy atom. The maximum Gasteiger partial charge on any atom is 0.485 e. The third-order valence-electron chi connectivity index (χ3n) is 2.67. The molecule has 1 aliphatic rings.